The highest BCUT2D eigenvalue weighted by atomic mass is 16.5. The fourth-order valence-electron chi connectivity index (χ4n) is 1.55. The van der Waals surface area contributed by atoms with Gasteiger partial charge in [0.15, 0.2) is 0 Å². The lowest BCUT2D eigenvalue weighted by atomic mass is 10.1. The zero-order chi connectivity index (χ0) is 9.10. The molecule has 0 saturated heterocycles. The van der Waals surface area contributed by atoms with E-state index in [4.69, 9.17) is 4.74 Å². The number of ether oxygens (including phenoxy) is 1. The van der Waals surface area contributed by atoms with E-state index in [1.165, 1.54) is 16.5 Å². The third-order valence-corrected chi connectivity index (χ3v) is 2.25. The van der Waals surface area contributed by atoms with Crippen LogP contribution in [0.1, 0.15) is 5.56 Å². The number of benzene rings is 1. The van der Waals surface area contributed by atoms with Crippen LogP contribution in [0, 0.1) is 0 Å². The van der Waals surface area contributed by atoms with Crippen molar-refractivity contribution in [3.8, 4) is 0 Å². The van der Waals surface area contributed by atoms with Gasteiger partial charge in [-0.3, -0.25) is 0 Å². The smallest absolute Gasteiger partial charge is 0.0503 e. The molecule has 0 radical (unpaired) electrons. The van der Waals surface area contributed by atoms with Gasteiger partial charge in [0.2, 0.25) is 0 Å². The van der Waals surface area contributed by atoms with Crippen molar-refractivity contribution in [3.05, 3.63) is 36.0 Å². The summed E-state index contributed by atoms with van der Waals surface area (Å²) in [6, 6.07) is 8.33. The summed E-state index contributed by atoms with van der Waals surface area (Å²) in [5.41, 5.74) is 2.53. The monoisotopic (exact) mass is 175 g/mol. The molecule has 0 aliphatic rings. The molecule has 1 N–H and O–H groups in total. The molecule has 2 nitrogen and oxygen atoms in total. The van der Waals surface area contributed by atoms with E-state index >= 15 is 0 Å². The molecule has 2 rings (SSSR count). The Bertz CT molecular complexity index is 392. The van der Waals surface area contributed by atoms with Crippen molar-refractivity contribution >= 4 is 10.9 Å². The predicted molar refractivity (Wildman–Crippen MR) is 53.9 cm³/mol. The predicted octanol–water partition coefficient (Wildman–Crippen LogP) is 2.36. The number of aromatic amines is 1. The largest absolute Gasteiger partial charge is 0.384 e. The first kappa shape index (κ1) is 8.32. The van der Waals surface area contributed by atoms with Gasteiger partial charge in [-0.25, -0.2) is 0 Å². The zero-order valence-electron chi connectivity index (χ0n) is 7.71. The molecule has 0 spiro atoms. The summed E-state index contributed by atoms with van der Waals surface area (Å²) in [4.78, 5) is 3.24. The molecule has 0 atom stereocenters. The summed E-state index contributed by atoms with van der Waals surface area (Å²) in [7, 11) is 1.73. The van der Waals surface area contributed by atoms with E-state index in [-0.39, 0.29) is 0 Å². The van der Waals surface area contributed by atoms with E-state index in [2.05, 4.69) is 29.4 Å². The Kier molecular flexibility index (Phi) is 2.32. The standard InChI is InChI=1S/C11H13NO/c1-13-7-6-9-8-12-11-5-3-2-4-10(9)11/h2-5,8,12H,6-7H2,1H3. The van der Waals surface area contributed by atoms with Crippen LogP contribution in [-0.4, -0.2) is 18.7 Å². The minimum absolute atomic E-state index is 0.780. The molecule has 68 valence electrons. The van der Waals surface area contributed by atoms with Gasteiger partial charge in [-0.2, -0.15) is 0 Å². The second-order valence-electron chi connectivity index (χ2n) is 3.10. The summed E-state index contributed by atoms with van der Waals surface area (Å²) in [6.07, 6.45) is 3.03. The van der Waals surface area contributed by atoms with E-state index in [9.17, 15) is 0 Å². The first-order chi connectivity index (χ1) is 6.42. The molecule has 13 heavy (non-hydrogen) atoms. The molecule has 0 unspecified atom stereocenters. The Balaban J connectivity index is 2.35. The number of hydrogen-bond acceptors (Lipinski definition) is 1. The van der Waals surface area contributed by atoms with Crippen LogP contribution >= 0.6 is 0 Å². The van der Waals surface area contributed by atoms with Gasteiger partial charge < -0.3 is 9.72 Å². The molecule has 0 saturated carbocycles. The molecule has 0 aliphatic carbocycles. The van der Waals surface area contributed by atoms with Crippen LogP contribution in [0.4, 0.5) is 0 Å². The highest BCUT2D eigenvalue weighted by Gasteiger charge is 2.00. The molecule has 0 bridgehead atoms. The maximum atomic E-state index is 5.05. The summed E-state index contributed by atoms with van der Waals surface area (Å²) < 4.78 is 5.05. The number of nitrogens with one attached hydrogen (secondary N) is 1. The van der Waals surface area contributed by atoms with Gasteiger partial charge in [-0.15, -0.1) is 0 Å². The van der Waals surface area contributed by atoms with Crippen molar-refractivity contribution in [2.75, 3.05) is 13.7 Å². The summed E-state index contributed by atoms with van der Waals surface area (Å²) in [5.74, 6) is 0. The van der Waals surface area contributed by atoms with Gasteiger partial charge in [0, 0.05) is 24.2 Å². The van der Waals surface area contributed by atoms with Crippen molar-refractivity contribution in [1.82, 2.24) is 4.98 Å². The fourth-order valence-corrected chi connectivity index (χ4v) is 1.55. The van der Waals surface area contributed by atoms with Crippen LogP contribution in [0.25, 0.3) is 10.9 Å². The Hall–Kier alpha value is -1.28. The number of methoxy groups -OCH3 is 1. The second kappa shape index (κ2) is 3.62. The van der Waals surface area contributed by atoms with E-state index in [1.54, 1.807) is 7.11 Å². The maximum absolute atomic E-state index is 5.05. The molecule has 0 aliphatic heterocycles. The quantitative estimate of drug-likeness (QED) is 0.761. The van der Waals surface area contributed by atoms with E-state index in [1.807, 2.05) is 6.07 Å². The van der Waals surface area contributed by atoms with Crippen molar-refractivity contribution in [2.24, 2.45) is 0 Å². The minimum atomic E-state index is 0.780. The number of fused-ring (bicyclic) bond motifs is 1. The number of para-hydroxylation sites is 1. The number of hydrogen-bond donors (Lipinski definition) is 1. The minimum Gasteiger partial charge on any atom is -0.384 e. The van der Waals surface area contributed by atoms with Crippen molar-refractivity contribution in [3.63, 3.8) is 0 Å². The highest BCUT2D eigenvalue weighted by molar-refractivity contribution is 5.82. The second-order valence-corrected chi connectivity index (χ2v) is 3.10. The van der Waals surface area contributed by atoms with Gasteiger partial charge in [-0.05, 0) is 18.1 Å². The van der Waals surface area contributed by atoms with Gasteiger partial charge in [0.05, 0.1) is 6.61 Å². The summed E-state index contributed by atoms with van der Waals surface area (Å²) in [5, 5.41) is 1.31. The third-order valence-electron chi connectivity index (χ3n) is 2.25. The normalized spacial score (nSPS) is 10.8. The molecule has 1 heterocycles. The first-order valence-corrected chi connectivity index (χ1v) is 4.46. The lowest BCUT2D eigenvalue weighted by Gasteiger charge is -1.96. The van der Waals surface area contributed by atoms with Crippen LogP contribution in [0.2, 0.25) is 0 Å². The molecule has 0 fully saturated rings. The van der Waals surface area contributed by atoms with Gasteiger partial charge in [-0.1, -0.05) is 18.2 Å². The van der Waals surface area contributed by atoms with Crippen LogP contribution < -0.4 is 0 Å². The molecule has 1 aromatic carbocycles. The fraction of sp³-hybridized carbons (Fsp3) is 0.273. The van der Waals surface area contributed by atoms with Gasteiger partial charge in [0.25, 0.3) is 0 Å². The molecule has 1 aromatic heterocycles. The average Bonchev–Trinajstić information content (AvgIpc) is 2.58. The third kappa shape index (κ3) is 1.58. The molecule has 2 heteroatoms. The summed E-state index contributed by atoms with van der Waals surface area (Å²) in [6.45, 7) is 0.780. The van der Waals surface area contributed by atoms with Crippen LogP contribution in [0.15, 0.2) is 30.5 Å². The molecular formula is C11H13NO. The van der Waals surface area contributed by atoms with Crippen LogP contribution in [-0.2, 0) is 11.2 Å². The molecule has 2 aromatic rings. The number of rotatable bonds is 3. The van der Waals surface area contributed by atoms with Gasteiger partial charge >= 0.3 is 0 Å². The maximum Gasteiger partial charge on any atom is 0.0503 e. The summed E-state index contributed by atoms with van der Waals surface area (Å²) >= 11 is 0. The lowest BCUT2D eigenvalue weighted by Crippen LogP contribution is -1.92. The lowest BCUT2D eigenvalue weighted by molar-refractivity contribution is 0.202. The topological polar surface area (TPSA) is 25.0 Å². The van der Waals surface area contributed by atoms with E-state index in [0.717, 1.165) is 13.0 Å². The van der Waals surface area contributed by atoms with Crippen LogP contribution in [0.5, 0.6) is 0 Å². The van der Waals surface area contributed by atoms with Crippen molar-refractivity contribution < 1.29 is 4.74 Å². The Morgan fingerprint density at radius 3 is 3.00 bits per heavy atom. The van der Waals surface area contributed by atoms with Gasteiger partial charge in [0.1, 0.15) is 0 Å². The Morgan fingerprint density at radius 2 is 2.15 bits per heavy atom. The van der Waals surface area contributed by atoms with Crippen LogP contribution in [0.3, 0.4) is 0 Å². The van der Waals surface area contributed by atoms with E-state index in [0.29, 0.717) is 0 Å². The van der Waals surface area contributed by atoms with Crippen molar-refractivity contribution in [2.45, 2.75) is 6.42 Å². The SMILES string of the molecule is COCCc1c[nH]c2ccccc12. The van der Waals surface area contributed by atoms with Crippen molar-refractivity contribution in [1.29, 1.82) is 0 Å². The average molecular weight is 175 g/mol. The Labute approximate surface area is 77.5 Å². The first-order valence-electron chi connectivity index (χ1n) is 4.46. The highest BCUT2D eigenvalue weighted by Crippen LogP contribution is 2.17. The molecule has 0 amide bonds. The van der Waals surface area contributed by atoms with E-state index < -0.39 is 0 Å². The number of aromatic nitrogens is 1. The zero-order valence-corrected chi connectivity index (χ0v) is 7.71. The number of H-pyrrole nitrogens is 1. The Morgan fingerprint density at radius 1 is 1.31 bits per heavy atom. The molecular weight excluding hydrogens is 162 g/mol.